The number of piperidine rings is 1. The summed E-state index contributed by atoms with van der Waals surface area (Å²) in [5.74, 6) is 0.468. The van der Waals surface area contributed by atoms with Crippen LogP contribution in [0, 0.1) is 5.92 Å². The van der Waals surface area contributed by atoms with Crippen LogP contribution in [0.5, 0.6) is 5.88 Å². The number of halogens is 1. The zero-order chi connectivity index (χ0) is 28.8. The van der Waals surface area contributed by atoms with Crippen molar-refractivity contribution in [2.24, 2.45) is 5.92 Å². The van der Waals surface area contributed by atoms with E-state index < -0.39 is 0 Å². The second-order valence-electron chi connectivity index (χ2n) is 11.0. The van der Waals surface area contributed by atoms with Crippen molar-refractivity contribution in [3.8, 4) is 5.88 Å². The van der Waals surface area contributed by atoms with Gasteiger partial charge in [-0.1, -0.05) is 29.8 Å². The maximum Gasteiger partial charge on any atom is 0.270 e. The molecular formula is C30H38ClN5O5. The predicted molar refractivity (Wildman–Crippen MR) is 154 cm³/mol. The van der Waals surface area contributed by atoms with Crippen LogP contribution in [-0.2, 0) is 20.9 Å². The van der Waals surface area contributed by atoms with Gasteiger partial charge in [-0.05, 0) is 48.9 Å². The average Bonchev–Trinajstić information content (AvgIpc) is 3.35. The standard InChI is InChI=1S/C30H38ClN5O5/c1-21(37)35-12-13-40-14-15-41-28-7-3-6-26(33-28)29(38)32-25-17-27(30(39)34-10-8-22(18-35)9-11-34)36(20-25)19-23-4-2-5-24(31)16-23/h2-7,16,22,25,27H,8-15,17-20H2,1H3,(H,32,38)/t25-,27-/m0/s1. The van der Waals surface area contributed by atoms with Crippen molar-refractivity contribution >= 4 is 29.3 Å². The molecule has 4 aliphatic rings. The number of benzene rings is 1. The average molecular weight is 584 g/mol. The molecule has 0 aliphatic carbocycles. The fourth-order valence-electron chi connectivity index (χ4n) is 5.91. The molecule has 0 spiro atoms. The number of hydrogen-bond acceptors (Lipinski definition) is 7. The van der Waals surface area contributed by atoms with Gasteiger partial charge in [0.05, 0.1) is 19.3 Å². The summed E-state index contributed by atoms with van der Waals surface area (Å²) >= 11 is 6.24. The molecule has 2 atom stereocenters. The maximum atomic E-state index is 13.9. The number of pyridine rings is 1. The lowest BCUT2D eigenvalue weighted by Crippen LogP contribution is -2.49. The maximum absolute atomic E-state index is 13.9. The topological polar surface area (TPSA) is 104 Å². The van der Waals surface area contributed by atoms with Crippen molar-refractivity contribution in [1.82, 2.24) is 25.0 Å². The van der Waals surface area contributed by atoms with Gasteiger partial charge in [0.15, 0.2) is 0 Å². The van der Waals surface area contributed by atoms with Gasteiger partial charge in [-0.3, -0.25) is 19.3 Å². The van der Waals surface area contributed by atoms with Gasteiger partial charge in [0.1, 0.15) is 12.3 Å². The van der Waals surface area contributed by atoms with E-state index in [9.17, 15) is 14.4 Å². The highest BCUT2D eigenvalue weighted by Gasteiger charge is 2.40. The van der Waals surface area contributed by atoms with E-state index in [4.69, 9.17) is 21.1 Å². The van der Waals surface area contributed by atoms with Crippen molar-refractivity contribution in [3.63, 3.8) is 0 Å². The number of rotatable bonds is 2. The molecule has 0 saturated carbocycles. The lowest BCUT2D eigenvalue weighted by molar-refractivity contribution is -0.138. The van der Waals surface area contributed by atoms with E-state index in [1.807, 2.05) is 34.1 Å². The van der Waals surface area contributed by atoms with E-state index >= 15 is 0 Å². The molecule has 3 amide bonds. The van der Waals surface area contributed by atoms with Gasteiger partial charge in [0.25, 0.3) is 5.91 Å². The van der Waals surface area contributed by atoms with E-state index in [1.165, 1.54) is 0 Å². The SMILES string of the molecule is CC(=O)N1CCOCCOc2cccc(n2)C(=O)N[C@H]2C[C@@H](C(=O)N3CCC(CC3)C1)N(Cc1cccc(Cl)c1)C2. The third kappa shape index (κ3) is 7.75. The Balaban J connectivity index is 1.35. The fourth-order valence-corrected chi connectivity index (χ4v) is 6.12. The molecule has 0 unspecified atom stereocenters. The van der Waals surface area contributed by atoms with Crippen molar-refractivity contribution in [1.29, 1.82) is 0 Å². The highest BCUT2D eigenvalue weighted by molar-refractivity contribution is 6.30. The Bertz CT molecular complexity index is 1240. The number of nitrogens with one attached hydrogen (secondary N) is 1. The van der Waals surface area contributed by atoms with E-state index in [2.05, 4.69) is 15.2 Å². The second-order valence-corrected chi connectivity index (χ2v) is 11.5. The minimum absolute atomic E-state index is 0.0218. The summed E-state index contributed by atoms with van der Waals surface area (Å²) in [6.07, 6.45) is 2.19. The number of carbonyl (C=O) groups is 3. The number of amides is 3. The molecule has 1 aromatic heterocycles. The molecule has 11 heteroatoms. The third-order valence-corrected chi connectivity index (χ3v) is 8.32. The van der Waals surface area contributed by atoms with Crippen molar-refractivity contribution in [2.75, 3.05) is 52.5 Å². The summed E-state index contributed by atoms with van der Waals surface area (Å²) in [4.78, 5) is 49.6. The van der Waals surface area contributed by atoms with Crippen molar-refractivity contribution in [2.45, 2.75) is 44.8 Å². The van der Waals surface area contributed by atoms with Crippen LogP contribution in [0.1, 0.15) is 42.2 Å². The van der Waals surface area contributed by atoms with Gasteiger partial charge < -0.3 is 24.6 Å². The van der Waals surface area contributed by atoms with Crippen LogP contribution in [0.15, 0.2) is 42.5 Å². The number of ether oxygens (including phenoxy) is 2. The molecular weight excluding hydrogens is 546 g/mol. The molecule has 6 bridgehead atoms. The molecule has 220 valence electrons. The molecule has 4 aliphatic heterocycles. The molecule has 5 heterocycles. The molecule has 10 nitrogen and oxygen atoms in total. The lowest BCUT2D eigenvalue weighted by atomic mass is 9.95. The van der Waals surface area contributed by atoms with Gasteiger partial charge in [0, 0.05) is 63.3 Å². The number of fused-ring (bicyclic) bond motifs is 10. The molecule has 1 aromatic carbocycles. The van der Waals surface area contributed by atoms with Crippen LogP contribution in [-0.4, -0.2) is 102 Å². The monoisotopic (exact) mass is 583 g/mol. The number of carbonyl (C=O) groups excluding carboxylic acids is 3. The molecule has 41 heavy (non-hydrogen) atoms. The van der Waals surface area contributed by atoms with E-state index in [-0.39, 0.29) is 42.1 Å². The van der Waals surface area contributed by atoms with Gasteiger partial charge in [-0.25, -0.2) is 4.98 Å². The molecule has 0 radical (unpaired) electrons. The van der Waals surface area contributed by atoms with Crippen LogP contribution in [0.3, 0.4) is 0 Å². The van der Waals surface area contributed by atoms with Crippen LogP contribution in [0.25, 0.3) is 0 Å². The Morgan fingerprint density at radius 3 is 2.63 bits per heavy atom. The minimum Gasteiger partial charge on any atom is -0.475 e. The number of aromatic nitrogens is 1. The molecule has 2 aromatic rings. The highest BCUT2D eigenvalue weighted by atomic mass is 35.5. The Hall–Kier alpha value is -3.21. The first-order valence-corrected chi connectivity index (χ1v) is 14.7. The number of hydrogen-bond donors (Lipinski definition) is 1. The summed E-state index contributed by atoms with van der Waals surface area (Å²) in [5.41, 5.74) is 1.27. The molecule has 6 rings (SSSR count). The number of likely N-dealkylation sites (tertiary alicyclic amines) is 1. The zero-order valence-electron chi connectivity index (χ0n) is 23.5. The predicted octanol–water partition coefficient (Wildman–Crippen LogP) is 2.60. The van der Waals surface area contributed by atoms with Crippen LogP contribution in [0.2, 0.25) is 5.02 Å². The Kier molecular flexibility index (Phi) is 9.74. The third-order valence-electron chi connectivity index (χ3n) is 8.09. The first kappa shape index (κ1) is 29.3. The lowest BCUT2D eigenvalue weighted by Gasteiger charge is -2.37. The Morgan fingerprint density at radius 1 is 1.05 bits per heavy atom. The largest absolute Gasteiger partial charge is 0.475 e. The van der Waals surface area contributed by atoms with Gasteiger partial charge in [-0.2, -0.15) is 0 Å². The zero-order valence-corrected chi connectivity index (χ0v) is 24.2. The normalized spacial score (nSPS) is 24.9. The Labute approximate surface area is 245 Å². The second kappa shape index (κ2) is 13.6. The molecule has 1 N–H and O–H groups in total. The van der Waals surface area contributed by atoms with Crippen molar-refractivity contribution < 1.29 is 23.9 Å². The summed E-state index contributed by atoms with van der Waals surface area (Å²) in [6.45, 7) is 6.16. The summed E-state index contributed by atoms with van der Waals surface area (Å²) in [7, 11) is 0. The van der Waals surface area contributed by atoms with E-state index in [0.717, 1.165) is 18.4 Å². The quantitative estimate of drug-likeness (QED) is 0.542. The minimum atomic E-state index is -0.363. The molecule has 2 fully saturated rings. The summed E-state index contributed by atoms with van der Waals surface area (Å²) in [6, 6.07) is 12.2. The van der Waals surface area contributed by atoms with E-state index in [1.54, 1.807) is 25.1 Å². The van der Waals surface area contributed by atoms with Crippen LogP contribution in [0.4, 0.5) is 0 Å². The van der Waals surface area contributed by atoms with Crippen LogP contribution < -0.4 is 10.1 Å². The fraction of sp³-hybridized carbons (Fsp3) is 0.533. The summed E-state index contributed by atoms with van der Waals surface area (Å²) in [5, 5.41) is 3.74. The van der Waals surface area contributed by atoms with Gasteiger partial charge in [-0.15, -0.1) is 0 Å². The van der Waals surface area contributed by atoms with Crippen molar-refractivity contribution in [3.05, 3.63) is 58.7 Å². The number of nitrogens with zero attached hydrogens (tertiary/aromatic N) is 4. The first-order valence-electron chi connectivity index (χ1n) is 14.4. The highest BCUT2D eigenvalue weighted by Crippen LogP contribution is 2.27. The first-order chi connectivity index (χ1) is 19.9. The smallest absolute Gasteiger partial charge is 0.270 e. The van der Waals surface area contributed by atoms with E-state index in [0.29, 0.717) is 75.7 Å². The van der Waals surface area contributed by atoms with Gasteiger partial charge >= 0.3 is 0 Å². The molecule has 2 saturated heterocycles. The van der Waals surface area contributed by atoms with Gasteiger partial charge in [0.2, 0.25) is 17.7 Å². The van der Waals surface area contributed by atoms with Crippen LogP contribution >= 0.6 is 11.6 Å². The summed E-state index contributed by atoms with van der Waals surface area (Å²) < 4.78 is 11.4. The Morgan fingerprint density at radius 2 is 1.85 bits per heavy atom.